The van der Waals surface area contributed by atoms with Crippen LogP contribution in [0.25, 0.3) is 0 Å². The van der Waals surface area contributed by atoms with Gasteiger partial charge in [0.2, 0.25) is 10.0 Å². The first kappa shape index (κ1) is 15.5. The van der Waals surface area contributed by atoms with E-state index in [-0.39, 0.29) is 11.4 Å². The van der Waals surface area contributed by atoms with Crippen LogP contribution >= 0.6 is 15.9 Å². The molecule has 1 unspecified atom stereocenters. The number of rotatable bonds is 3. The molecule has 0 aromatic heterocycles. The predicted octanol–water partition coefficient (Wildman–Crippen LogP) is 2.47. The minimum absolute atomic E-state index is 0.112. The molecular weight excluding hydrogens is 346 g/mol. The van der Waals surface area contributed by atoms with Gasteiger partial charge in [-0.2, -0.15) is 4.31 Å². The maximum absolute atomic E-state index is 12.7. The lowest BCUT2D eigenvalue weighted by Crippen LogP contribution is -2.57. The van der Waals surface area contributed by atoms with Gasteiger partial charge in [0.25, 0.3) is 0 Å². The third-order valence-electron chi connectivity index (χ3n) is 3.67. The van der Waals surface area contributed by atoms with Gasteiger partial charge in [-0.15, -0.1) is 0 Å². The van der Waals surface area contributed by atoms with Crippen molar-refractivity contribution in [2.75, 3.05) is 6.54 Å². The molecule has 7 heteroatoms. The molecule has 0 aliphatic carbocycles. The average Bonchev–Trinajstić information content (AvgIpc) is 2.39. The Kier molecular flexibility index (Phi) is 4.22. The van der Waals surface area contributed by atoms with Crippen molar-refractivity contribution in [2.45, 2.75) is 36.6 Å². The zero-order valence-corrected chi connectivity index (χ0v) is 13.4. The Bertz CT molecular complexity index is 631. The molecule has 0 spiro atoms. The van der Waals surface area contributed by atoms with Crippen molar-refractivity contribution in [2.24, 2.45) is 0 Å². The van der Waals surface area contributed by atoms with Crippen LogP contribution in [0.2, 0.25) is 0 Å². The van der Waals surface area contributed by atoms with E-state index in [2.05, 4.69) is 15.9 Å². The van der Waals surface area contributed by atoms with E-state index in [1.54, 1.807) is 12.1 Å². The number of carbonyl (C=O) groups is 1. The summed E-state index contributed by atoms with van der Waals surface area (Å²) in [5, 5.41) is 9.42. The van der Waals surface area contributed by atoms with E-state index in [4.69, 9.17) is 0 Å². The monoisotopic (exact) mass is 361 g/mol. The largest absolute Gasteiger partial charge is 0.480 e. The molecule has 1 aliphatic heterocycles. The van der Waals surface area contributed by atoms with Gasteiger partial charge in [0.1, 0.15) is 5.54 Å². The van der Waals surface area contributed by atoms with Crippen LogP contribution in [0.3, 0.4) is 0 Å². The number of sulfonamides is 1. The van der Waals surface area contributed by atoms with E-state index in [1.807, 2.05) is 0 Å². The van der Waals surface area contributed by atoms with Crippen LogP contribution in [0.15, 0.2) is 33.6 Å². The smallest absolute Gasteiger partial charge is 0.324 e. The molecule has 2 rings (SSSR count). The third-order valence-corrected chi connectivity index (χ3v) is 6.18. The Morgan fingerprint density at radius 1 is 1.40 bits per heavy atom. The fourth-order valence-corrected chi connectivity index (χ4v) is 4.85. The third kappa shape index (κ3) is 2.62. The minimum Gasteiger partial charge on any atom is -0.480 e. The van der Waals surface area contributed by atoms with Crippen LogP contribution in [-0.2, 0) is 14.8 Å². The van der Waals surface area contributed by atoms with Crippen LogP contribution < -0.4 is 0 Å². The maximum atomic E-state index is 12.7. The lowest BCUT2D eigenvalue weighted by Gasteiger charge is -2.40. The van der Waals surface area contributed by atoms with Crippen molar-refractivity contribution in [1.29, 1.82) is 0 Å². The molecule has 20 heavy (non-hydrogen) atoms. The van der Waals surface area contributed by atoms with E-state index < -0.39 is 21.5 Å². The zero-order valence-electron chi connectivity index (χ0n) is 11.0. The van der Waals surface area contributed by atoms with Crippen molar-refractivity contribution in [3.63, 3.8) is 0 Å². The van der Waals surface area contributed by atoms with Crippen LogP contribution in [0.4, 0.5) is 0 Å². The van der Waals surface area contributed by atoms with E-state index in [0.717, 1.165) is 4.31 Å². The molecule has 1 saturated heterocycles. The fourth-order valence-electron chi connectivity index (χ4n) is 2.45. The summed E-state index contributed by atoms with van der Waals surface area (Å²) in [5.41, 5.74) is -1.38. The summed E-state index contributed by atoms with van der Waals surface area (Å²) in [6.07, 6.45) is 1.72. The summed E-state index contributed by atoms with van der Waals surface area (Å²) in [5.74, 6) is -1.10. The number of carboxylic acid groups (broad SMARTS) is 1. The van der Waals surface area contributed by atoms with E-state index >= 15 is 0 Å². The van der Waals surface area contributed by atoms with Crippen molar-refractivity contribution < 1.29 is 18.3 Å². The molecular formula is C13H16BrNO4S. The highest BCUT2D eigenvalue weighted by Gasteiger charge is 2.47. The Morgan fingerprint density at radius 2 is 2.10 bits per heavy atom. The summed E-state index contributed by atoms with van der Waals surface area (Å²) in [7, 11) is -3.81. The van der Waals surface area contributed by atoms with Gasteiger partial charge in [-0.3, -0.25) is 4.79 Å². The predicted molar refractivity (Wildman–Crippen MR) is 77.9 cm³/mol. The van der Waals surface area contributed by atoms with Crippen molar-refractivity contribution >= 4 is 31.9 Å². The van der Waals surface area contributed by atoms with Gasteiger partial charge in [-0.05, 0) is 44.4 Å². The molecule has 0 bridgehead atoms. The number of piperidine rings is 1. The van der Waals surface area contributed by atoms with E-state index in [1.165, 1.54) is 19.1 Å². The number of halogens is 1. The zero-order chi connectivity index (χ0) is 15.0. The molecule has 0 saturated carbocycles. The van der Waals surface area contributed by atoms with E-state index in [9.17, 15) is 18.3 Å². The summed E-state index contributed by atoms with van der Waals surface area (Å²) < 4.78 is 27.2. The molecule has 1 heterocycles. The molecule has 1 N–H and O–H groups in total. The van der Waals surface area contributed by atoms with Crippen LogP contribution in [0.1, 0.15) is 26.2 Å². The number of nitrogens with zero attached hydrogens (tertiary/aromatic N) is 1. The Labute approximate surface area is 126 Å². The molecule has 1 aliphatic rings. The van der Waals surface area contributed by atoms with Gasteiger partial charge in [-0.1, -0.05) is 22.0 Å². The Hall–Kier alpha value is -0.920. The summed E-state index contributed by atoms with van der Waals surface area (Å²) in [6.45, 7) is 1.71. The van der Waals surface area contributed by atoms with Gasteiger partial charge in [0, 0.05) is 11.0 Å². The topological polar surface area (TPSA) is 74.7 Å². The van der Waals surface area contributed by atoms with Crippen LogP contribution in [0, 0.1) is 0 Å². The summed E-state index contributed by atoms with van der Waals surface area (Å²) >= 11 is 3.24. The highest BCUT2D eigenvalue weighted by molar-refractivity contribution is 9.10. The lowest BCUT2D eigenvalue weighted by molar-refractivity contribution is -0.149. The second-order valence-corrected chi connectivity index (χ2v) is 7.85. The average molecular weight is 362 g/mol. The molecule has 0 amide bonds. The Morgan fingerprint density at radius 3 is 2.70 bits per heavy atom. The number of hydrogen-bond donors (Lipinski definition) is 1. The molecule has 0 radical (unpaired) electrons. The standard InChI is InChI=1S/C13H16BrNO4S/c1-13(12(16)17)7-2-3-8-15(13)20(18,19)11-6-4-5-10(14)9-11/h4-6,9H,2-3,7-8H2,1H3,(H,16,17). The summed E-state index contributed by atoms with van der Waals surface area (Å²) in [6, 6.07) is 6.33. The highest BCUT2D eigenvalue weighted by atomic mass is 79.9. The van der Waals surface area contributed by atoms with Gasteiger partial charge in [-0.25, -0.2) is 8.42 Å². The van der Waals surface area contributed by atoms with Crippen molar-refractivity contribution in [3.05, 3.63) is 28.7 Å². The number of hydrogen-bond acceptors (Lipinski definition) is 3. The molecule has 1 aromatic rings. The molecule has 5 nitrogen and oxygen atoms in total. The normalized spacial score (nSPS) is 24.5. The van der Waals surface area contributed by atoms with Crippen molar-refractivity contribution in [3.8, 4) is 0 Å². The van der Waals surface area contributed by atoms with Gasteiger partial charge < -0.3 is 5.11 Å². The van der Waals surface area contributed by atoms with Gasteiger partial charge >= 0.3 is 5.97 Å². The fraction of sp³-hybridized carbons (Fsp3) is 0.462. The number of aliphatic carboxylic acids is 1. The molecule has 110 valence electrons. The number of benzene rings is 1. The second kappa shape index (κ2) is 5.46. The second-order valence-electron chi connectivity index (χ2n) is 5.07. The molecule has 1 fully saturated rings. The maximum Gasteiger partial charge on any atom is 0.324 e. The minimum atomic E-state index is -3.81. The number of carboxylic acids is 1. The first-order valence-electron chi connectivity index (χ1n) is 6.30. The highest BCUT2D eigenvalue weighted by Crippen LogP contribution is 2.34. The van der Waals surface area contributed by atoms with Crippen LogP contribution in [-0.4, -0.2) is 35.9 Å². The van der Waals surface area contributed by atoms with Gasteiger partial charge in [0.05, 0.1) is 4.90 Å². The lowest BCUT2D eigenvalue weighted by atomic mass is 9.91. The Balaban J connectivity index is 2.49. The molecule has 1 atom stereocenters. The van der Waals surface area contributed by atoms with Crippen LogP contribution in [0.5, 0.6) is 0 Å². The first-order chi connectivity index (χ1) is 9.28. The van der Waals surface area contributed by atoms with Gasteiger partial charge in [0.15, 0.2) is 0 Å². The van der Waals surface area contributed by atoms with E-state index in [0.29, 0.717) is 23.7 Å². The first-order valence-corrected chi connectivity index (χ1v) is 8.53. The van der Waals surface area contributed by atoms with Crippen molar-refractivity contribution in [1.82, 2.24) is 4.31 Å². The molecule has 1 aromatic carbocycles. The SMILES string of the molecule is CC1(C(=O)O)CCCCN1S(=O)(=O)c1cccc(Br)c1. The quantitative estimate of drug-likeness (QED) is 0.897. The summed E-state index contributed by atoms with van der Waals surface area (Å²) in [4.78, 5) is 11.6.